The van der Waals surface area contributed by atoms with Crippen molar-refractivity contribution < 1.29 is 23.5 Å². The average Bonchev–Trinajstić information content (AvgIpc) is 3.33. The van der Waals surface area contributed by atoms with E-state index in [1.807, 2.05) is 45.0 Å². The van der Waals surface area contributed by atoms with Crippen LogP contribution in [0.25, 0.3) is 16.0 Å². The highest BCUT2D eigenvalue weighted by molar-refractivity contribution is 7.22. The quantitative estimate of drug-likeness (QED) is 0.213. The van der Waals surface area contributed by atoms with Crippen molar-refractivity contribution in [1.82, 2.24) is 4.98 Å². The van der Waals surface area contributed by atoms with Gasteiger partial charge < -0.3 is 5.11 Å². The molecule has 1 unspecified atom stereocenters. The zero-order valence-electron chi connectivity index (χ0n) is 19.1. The minimum Gasteiger partial charge on any atom is -0.507 e. The normalized spacial score (nSPS) is 17.5. The molecule has 5 nitrogen and oxygen atoms in total. The number of hydrogen-bond donors (Lipinski definition) is 1. The monoisotopic (exact) mass is 490 g/mol. The Bertz CT molecular complexity index is 1540. The number of aryl methyl sites for hydroxylation is 3. The molecule has 35 heavy (non-hydrogen) atoms. The summed E-state index contributed by atoms with van der Waals surface area (Å²) < 4.78 is 27.9. The Balaban J connectivity index is 1.77. The second kappa shape index (κ2) is 8.39. The fourth-order valence-corrected chi connectivity index (χ4v) is 5.33. The second-order valence-electron chi connectivity index (χ2n) is 8.63. The minimum absolute atomic E-state index is 0.0640. The Hall–Kier alpha value is -3.91. The van der Waals surface area contributed by atoms with E-state index in [0.717, 1.165) is 40.2 Å². The van der Waals surface area contributed by atoms with Crippen LogP contribution in [0.15, 0.2) is 60.2 Å². The van der Waals surface area contributed by atoms with Gasteiger partial charge in [-0.3, -0.25) is 14.5 Å². The van der Waals surface area contributed by atoms with Gasteiger partial charge in [-0.15, -0.1) is 0 Å². The third-order valence-electron chi connectivity index (χ3n) is 6.08. The first kappa shape index (κ1) is 22.9. The number of benzene rings is 3. The van der Waals surface area contributed by atoms with Gasteiger partial charge in [0.15, 0.2) is 16.8 Å². The van der Waals surface area contributed by atoms with Gasteiger partial charge in [-0.05, 0) is 44.0 Å². The summed E-state index contributed by atoms with van der Waals surface area (Å²) in [4.78, 5) is 32.2. The Kier molecular flexibility index (Phi) is 5.48. The standard InChI is InChI=1S/C27H20F2N2O3S/c1-13-5-4-6-16(9-13)23-22(24(32)17-10-14(2)7-8-15(17)3)25(33)26(34)31(23)27-30-20-11-18(28)19(29)12-21(20)35-27/h4-12,23,32H,1-3H3/b24-22+. The van der Waals surface area contributed by atoms with Crippen LogP contribution in [0, 0.1) is 32.4 Å². The molecule has 1 aliphatic rings. The third-order valence-corrected chi connectivity index (χ3v) is 7.09. The second-order valence-corrected chi connectivity index (χ2v) is 9.64. The Morgan fingerprint density at radius 2 is 1.69 bits per heavy atom. The molecule has 0 aliphatic carbocycles. The van der Waals surface area contributed by atoms with E-state index in [4.69, 9.17) is 0 Å². The molecule has 3 aromatic carbocycles. The number of nitrogens with zero attached hydrogens (tertiary/aromatic N) is 2. The number of hydrogen-bond acceptors (Lipinski definition) is 5. The van der Waals surface area contributed by atoms with Gasteiger partial charge in [0.25, 0.3) is 5.78 Å². The van der Waals surface area contributed by atoms with Crippen LogP contribution >= 0.6 is 11.3 Å². The van der Waals surface area contributed by atoms with Gasteiger partial charge in [0.2, 0.25) is 0 Å². The van der Waals surface area contributed by atoms with E-state index in [1.165, 1.54) is 4.90 Å². The summed E-state index contributed by atoms with van der Waals surface area (Å²) >= 11 is 0.972. The van der Waals surface area contributed by atoms with Crippen LogP contribution in [-0.4, -0.2) is 21.8 Å². The number of amides is 1. The van der Waals surface area contributed by atoms with E-state index in [-0.39, 0.29) is 22.0 Å². The molecule has 1 saturated heterocycles. The number of carbonyl (C=O) groups excluding carboxylic acids is 2. The number of aliphatic hydroxyl groups excluding tert-OH is 1. The molecule has 0 radical (unpaired) electrons. The molecule has 176 valence electrons. The van der Waals surface area contributed by atoms with Gasteiger partial charge in [0.1, 0.15) is 5.76 Å². The maximum atomic E-state index is 13.8. The molecule has 2 heterocycles. The molecule has 8 heteroatoms. The van der Waals surface area contributed by atoms with Crippen LogP contribution in [0.2, 0.25) is 0 Å². The fourth-order valence-electron chi connectivity index (χ4n) is 4.34. The summed E-state index contributed by atoms with van der Waals surface area (Å²) in [5.41, 5.74) is 3.69. The zero-order valence-corrected chi connectivity index (χ0v) is 19.9. The molecule has 1 atom stereocenters. The Labute approximate surface area is 204 Å². The number of Topliss-reactive ketones (excluding diaryl/α,β-unsaturated/α-hetero) is 1. The number of aromatic nitrogens is 1. The largest absolute Gasteiger partial charge is 0.507 e. The zero-order chi connectivity index (χ0) is 25.0. The van der Waals surface area contributed by atoms with Crippen LogP contribution < -0.4 is 4.90 Å². The van der Waals surface area contributed by atoms with Crippen molar-refractivity contribution in [3.63, 3.8) is 0 Å². The summed E-state index contributed by atoms with van der Waals surface area (Å²) in [5, 5.41) is 11.5. The van der Waals surface area contributed by atoms with E-state index in [0.29, 0.717) is 15.8 Å². The highest BCUT2D eigenvalue weighted by atomic mass is 32.1. The SMILES string of the molecule is Cc1cccc(C2/C(=C(\O)c3cc(C)ccc3C)C(=O)C(=O)N2c2nc3cc(F)c(F)cc3s2)c1. The van der Waals surface area contributed by atoms with Crippen molar-refractivity contribution in [2.24, 2.45) is 0 Å². The first-order valence-electron chi connectivity index (χ1n) is 10.9. The van der Waals surface area contributed by atoms with Crippen molar-refractivity contribution in [2.45, 2.75) is 26.8 Å². The van der Waals surface area contributed by atoms with Crippen LogP contribution in [0.5, 0.6) is 0 Å². The summed E-state index contributed by atoms with van der Waals surface area (Å²) in [6, 6.07) is 13.8. The molecule has 0 spiro atoms. The molecule has 1 aromatic heterocycles. The van der Waals surface area contributed by atoms with Crippen molar-refractivity contribution in [1.29, 1.82) is 0 Å². The molecule has 4 aromatic rings. The molecule has 1 amide bonds. The minimum atomic E-state index is -1.05. The number of ketones is 1. The number of aliphatic hydroxyl groups is 1. The Morgan fingerprint density at radius 1 is 0.971 bits per heavy atom. The van der Waals surface area contributed by atoms with Gasteiger partial charge in [-0.25, -0.2) is 13.8 Å². The number of carbonyl (C=O) groups is 2. The molecule has 0 saturated carbocycles. The van der Waals surface area contributed by atoms with Crippen molar-refractivity contribution in [3.05, 3.63) is 99.6 Å². The van der Waals surface area contributed by atoms with Gasteiger partial charge in [0.05, 0.1) is 21.8 Å². The molecule has 1 fully saturated rings. The lowest BCUT2D eigenvalue weighted by atomic mass is 9.93. The highest BCUT2D eigenvalue weighted by Gasteiger charge is 2.48. The van der Waals surface area contributed by atoms with Crippen molar-refractivity contribution >= 4 is 44.1 Å². The van der Waals surface area contributed by atoms with Crippen molar-refractivity contribution in [2.75, 3.05) is 4.90 Å². The smallest absolute Gasteiger partial charge is 0.301 e. The molecule has 1 aliphatic heterocycles. The van der Waals surface area contributed by atoms with Crippen LogP contribution in [-0.2, 0) is 9.59 Å². The summed E-state index contributed by atoms with van der Waals surface area (Å²) in [6.45, 7) is 5.55. The first-order valence-corrected chi connectivity index (χ1v) is 11.7. The van der Waals surface area contributed by atoms with E-state index in [2.05, 4.69) is 4.98 Å². The lowest BCUT2D eigenvalue weighted by Gasteiger charge is -2.23. The fraction of sp³-hybridized carbons (Fsp3) is 0.148. The summed E-state index contributed by atoms with van der Waals surface area (Å²) in [6.07, 6.45) is 0. The number of fused-ring (bicyclic) bond motifs is 1. The molecule has 1 N–H and O–H groups in total. The predicted octanol–water partition coefficient (Wildman–Crippen LogP) is 6.13. The number of anilines is 1. The molecular weight excluding hydrogens is 470 g/mol. The number of thiazole rings is 1. The maximum absolute atomic E-state index is 13.8. The van der Waals surface area contributed by atoms with E-state index in [1.54, 1.807) is 18.2 Å². The van der Waals surface area contributed by atoms with Gasteiger partial charge >= 0.3 is 5.91 Å². The molecule has 0 bridgehead atoms. The maximum Gasteiger partial charge on any atom is 0.301 e. The van der Waals surface area contributed by atoms with Crippen LogP contribution in [0.4, 0.5) is 13.9 Å². The topological polar surface area (TPSA) is 70.5 Å². The van der Waals surface area contributed by atoms with Gasteiger partial charge in [0, 0.05) is 11.6 Å². The van der Waals surface area contributed by atoms with Gasteiger partial charge in [-0.1, -0.05) is 58.9 Å². The number of halogens is 2. The Morgan fingerprint density at radius 3 is 2.43 bits per heavy atom. The van der Waals surface area contributed by atoms with E-state index < -0.39 is 29.4 Å². The van der Waals surface area contributed by atoms with E-state index in [9.17, 15) is 23.5 Å². The van der Waals surface area contributed by atoms with Crippen LogP contribution in [0.1, 0.15) is 33.9 Å². The third kappa shape index (κ3) is 3.80. The summed E-state index contributed by atoms with van der Waals surface area (Å²) in [5.74, 6) is -4.09. The number of rotatable bonds is 3. The average molecular weight is 491 g/mol. The lowest BCUT2D eigenvalue weighted by molar-refractivity contribution is -0.132. The first-order chi connectivity index (χ1) is 16.7. The van der Waals surface area contributed by atoms with Gasteiger partial charge in [-0.2, -0.15) is 0 Å². The van der Waals surface area contributed by atoms with Crippen LogP contribution in [0.3, 0.4) is 0 Å². The van der Waals surface area contributed by atoms with E-state index >= 15 is 0 Å². The molecular formula is C27H20F2N2O3S. The summed E-state index contributed by atoms with van der Waals surface area (Å²) in [7, 11) is 0. The highest BCUT2D eigenvalue weighted by Crippen LogP contribution is 2.44. The predicted molar refractivity (Wildman–Crippen MR) is 131 cm³/mol. The molecule has 5 rings (SSSR count). The van der Waals surface area contributed by atoms with Crippen molar-refractivity contribution in [3.8, 4) is 0 Å². The lowest BCUT2D eigenvalue weighted by Crippen LogP contribution is -2.29.